The highest BCUT2D eigenvalue weighted by molar-refractivity contribution is 5.79. The van der Waals surface area contributed by atoms with E-state index in [4.69, 9.17) is 4.74 Å². The molecule has 2 fully saturated rings. The zero-order valence-electron chi connectivity index (χ0n) is 15.1. The third-order valence-corrected chi connectivity index (χ3v) is 5.59. The van der Waals surface area contributed by atoms with Crippen LogP contribution in [0.1, 0.15) is 43.0 Å². The predicted octanol–water partition coefficient (Wildman–Crippen LogP) is 2.46. The summed E-state index contributed by atoms with van der Waals surface area (Å²) in [5.41, 5.74) is 1.23. The first-order chi connectivity index (χ1) is 12.8. The van der Waals surface area contributed by atoms with Crippen LogP contribution in [0.2, 0.25) is 0 Å². The first kappa shape index (κ1) is 17.2. The number of carbonyl (C=O) groups excluding carboxylic acids is 1. The molecule has 2 saturated heterocycles. The standard InChI is InChI=1S/C20H26N4O2/c25-20(18-5-13-26-14-6-18)23-10-3-17(4-11-23)19-22-9-12-24(19)15-16-1-7-21-8-2-16/h1-2,7-9,12,17-18H,3-6,10-11,13-15H2. The minimum absolute atomic E-state index is 0.161. The van der Waals surface area contributed by atoms with Crippen molar-refractivity contribution in [2.24, 2.45) is 5.92 Å². The number of pyridine rings is 1. The Morgan fingerprint density at radius 2 is 1.81 bits per heavy atom. The van der Waals surface area contributed by atoms with Crippen LogP contribution in [0, 0.1) is 5.92 Å². The summed E-state index contributed by atoms with van der Waals surface area (Å²) >= 11 is 0. The third-order valence-electron chi connectivity index (χ3n) is 5.59. The summed E-state index contributed by atoms with van der Waals surface area (Å²) in [5.74, 6) is 2.05. The molecule has 26 heavy (non-hydrogen) atoms. The molecule has 0 aromatic carbocycles. The fraction of sp³-hybridized carbons (Fsp3) is 0.550. The van der Waals surface area contributed by atoms with Crippen LogP contribution in [0.15, 0.2) is 36.9 Å². The second-order valence-corrected chi connectivity index (χ2v) is 7.26. The number of likely N-dealkylation sites (tertiary alicyclic amines) is 1. The molecule has 0 atom stereocenters. The van der Waals surface area contributed by atoms with E-state index in [1.807, 2.05) is 30.7 Å². The maximum absolute atomic E-state index is 12.7. The van der Waals surface area contributed by atoms with E-state index >= 15 is 0 Å². The average molecular weight is 354 g/mol. The summed E-state index contributed by atoms with van der Waals surface area (Å²) < 4.78 is 7.61. The van der Waals surface area contributed by atoms with Crippen molar-refractivity contribution in [1.82, 2.24) is 19.4 Å². The van der Waals surface area contributed by atoms with Crippen molar-refractivity contribution in [2.45, 2.75) is 38.1 Å². The molecule has 0 unspecified atom stereocenters. The zero-order chi connectivity index (χ0) is 17.8. The van der Waals surface area contributed by atoms with Crippen LogP contribution >= 0.6 is 0 Å². The molecule has 0 saturated carbocycles. The highest BCUT2D eigenvalue weighted by Gasteiger charge is 2.31. The van der Waals surface area contributed by atoms with Crippen LogP contribution in [0.3, 0.4) is 0 Å². The lowest BCUT2D eigenvalue weighted by Gasteiger charge is -2.35. The molecule has 0 spiro atoms. The smallest absolute Gasteiger partial charge is 0.225 e. The Kier molecular flexibility index (Phi) is 5.29. The highest BCUT2D eigenvalue weighted by atomic mass is 16.5. The fourth-order valence-corrected chi connectivity index (χ4v) is 4.06. The Balaban J connectivity index is 1.36. The molecule has 2 aliphatic rings. The monoisotopic (exact) mass is 354 g/mol. The molecule has 4 rings (SSSR count). The predicted molar refractivity (Wildman–Crippen MR) is 97.7 cm³/mol. The maximum atomic E-state index is 12.7. The van der Waals surface area contributed by atoms with Gasteiger partial charge in [0.1, 0.15) is 5.82 Å². The number of aromatic nitrogens is 3. The molecular weight excluding hydrogens is 328 g/mol. The van der Waals surface area contributed by atoms with Crippen LogP contribution in [0.5, 0.6) is 0 Å². The molecule has 4 heterocycles. The lowest BCUT2D eigenvalue weighted by molar-refractivity contribution is -0.139. The number of ether oxygens (including phenoxy) is 1. The first-order valence-corrected chi connectivity index (χ1v) is 9.58. The van der Waals surface area contributed by atoms with E-state index in [-0.39, 0.29) is 5.92 Å². The molecule has 6 nitrogen and oxygen atoms in total. The largest absolute Gasteiger partial charge is 0.381 e. The second-order valence-electron chi connectivity index (χ2n) is 7.26. The van der Waals surface area contributed by atoms with Crippen LogP contribution in [0.25, 0.3) is 0 Å². The van der Waals surface area contributed by atoms with E-state index in [9.17, 15) is 4.79 Å². The first-order valence-electron chi connectivity index (χ1n) is 9.58. The Bertz CT molecular complexity index is 716. The molecule has 2 aliphatic heterocycles. The average Bonchev–Trinajstić information content (AvgIpc) is 3.17. The number of piperidine rings is 1. The summed E-state index contributed by atoms with van der Waals surface area (Å²) in [4.78, 5) is 23.5. The SMILES string of the molecule is O=C(C1CCOCC1)N1CCC(c2nccn2Cc2ccncc2)CC1. The van der Waals surface area contributed by atoms with Gasteiger partial charge in [0.2, 0.25) is 5.91 Å². The van der Waals surface area contributed by atoms with Crippen molar-refractivity contribution in [1.29, 1.82) is 0 Å². The highest BCUT2D eigenvalue weighted by Crippen LogP contribution is 2.29. The molecule has 0 radical (unpaired) electrons. The quantitative estimate of drug-likeness (QED) is 0.846. The van der Waals surface area contributed by atoms with Crippen LogP contribution < -0.4 is 0 Å². The number of hydrogen-bond donors (Lipinski definition) is 0. The van der Waals surface area contributed by atoms with Crippen molar-refractivity contribution in [3.05, 3.63) is 48.3 Å². The van der Waals surface area contributed by atoms with Gasteiger partial charge in [-0.1, -0.05) is 0 Å². The number of hydrogen-bond acceptors (Lipinski definition) is 4. The Labute approximate surface area is 154 Å². The van der Waals surface area contributed by atoms with Gasteiger partial charge in [-0.2, -0.15) is 0 Å². The molecule has 2 aromatic rings. The Morgan fingerprint density at radius 1 is 1.08 bits per heavy atom. The molecule has 0 bridgehead atoms. The number of rotatable bonds is 4. The summed E-state index contributed by atoms with van der Waals surface area (Å²) in [5, 5.41) is 0. The van der Waals surface area contributed by atoms with E-state index in [2.05, 4.69) is 25.6 Å². The van der Waals surface area contributed by atoms with Crippen molar-refractivity contribution in [2.75, 3.05) is 26.3 Å². The third kappa shape index (κ3) is 3.80. The summed E-state index contributed by atoms with van der Waals surface area (Å²) in [7, 11) is 0. The topological polar surface area (TPSA) is 60.2 Å². The van der Waals surface area contributed by atoms with E-state index in [1.54, 1.807) is 0 Å². The molecule has 6 heteroatoms. The molecule has 1 amide bonds. The Morgan fingerprint density at radius 3 is 2.54 bits per heavy atom. The van der Waals surface area contributed by atoms with Gasteiger partial charge in [0.25, 0.3) is 0 Å². The zero-order valence-corrected chi connectivity index (χ0v) is 15.1. The summed E-state index contributed by atoms with van der Waals surface area (Å²) in [6.07, 6.45) is 11.3. The van der Waals surface area contributed by atoms with Crippen molar-refractivity contribution in [3.8, 4) is 0 Å². The van der Waals surface area contributed by atoms with Crippen LogP contribution in [-0.2, 0) is 16.1 Å². The molecule has 0 aliphatic carbocycles. The van der Waals surface area contributed by atoms with Gasteiger partial charge in [0.15, 0.2) is 0 Å². The summed E-state index contributed by atoms with van der Waals surface area (Å²) in [6.45, 7) is 3.93. The van der Waals surface area contributed by atoms with Crippen molar-refractivity contribution < 1.29 is 9.53 Å². The van der Waals surface area contributed by atoms with Crippen LogP contribution in [0.4, 0.5) is 0 Å². The van der Waals surface area contributed by atoms with Gasteiger partial charge < -0.3 is 14.2 Å². The fourth-order valence-electron chi connectivity index (χ4n) is 4.06. The van der Waals surface area contributed by atoms with Gasteiger partial charge in [-0.25, -0.2) is 4.98 Å². The lowest BCUT2D eigenvalue weighted by Crippen LogP contribution is -2.43. The lowest BCUT2D eigenvalue weighted by atomic mass is 9.93. The number of amides is 1. The van der Waals surface area contributed by atoms with Crippen molar-refractivity contribution in [3.63, 3.8) is 0 Å². The van der Waals surface area contributed by atoms with E-state index in [0.717, 1.165) is 64.4 Å². The number of carbonyl (C=O) groups is 1. The Hall–Kier alpha value is -2.21. The van der Waals surface area contributed by atoms with Gasteiger partial charge in [-0.3, -0.25) is 9.78 Å². The molecule has 138 valence electrons. The van der Waals surface area contributed by atoms with Gasteiger partial charge in [-0.15, -0.1) is 0 Å². The van der Waals surface area contributed by atoms with E-state index in [0.29, 0.717) is 11.8 Å². The maximum Gasteiger partial charge on any atom is 0.225 e. The second kappa shape index (κ2) is 7.99. The van der Waals surface area contributed by atoms with Gasteiger partial charge in [0, 0.05) is 69.5 Å². The van der Waals surface area contributed by atoms with E-state index < -0.39 is 0 Å². The summed E-state index contributed by atoms with van der Waals surface area (Å²) in [6, 6.07) is 4.08. The van der Waals surface area contributed by atoms with Crippen molar-refractivity contribution >= 4 is 5.91 Å². The van der Waals surface area contributed by atoms with E-state index in [1.165, 1.54) is 5.56 Å². The van der Waals surface area contributed by atoms with Crippen LogP contribution in [-0.4, -0.2) is 51.6 Å². The van der Waals surface area contributed by atoms with Gasteiger partial charge in [0.05, 0.1) is 0 Å². The minimum atomic E-state index is 0.161. The van der Waals surface area contributed by atoms with Gasteiger partial charge in [-0.05, 0) is 43.4 Å². The molecular formula is C20H26N4O2. The number of imidazole rings is 1. The van der Waals surface area contributed by atoms with Gasteiger partial charge >= 0.3 is 0 Å². The minimum Gasteiger partial charge on any atom is -0.381 e. The molecule has 2 aromatic heterocycles. The number of nitrogens with zero attached hydrogens (tertiary/aromatic N) is 4. The molecule has 0 N–H and O–H groups in total. The normalized spacial score (nSPS) is 19.6.